The fraction of sp³-hybridized carbons (Fsp3) is 0.733. The number of aryl methyl sites for hydroxylation is 1. The van der Waals surface area contributed by atoms with Crippen molar-refractivity contribution < 1.29 is 4.79 Å². The molecule has 1 aromatic rings. The third kappa shape index (κ3) is 3.37. The molecule has 0 saturated carbocycles. The molecule has 116 valence electrons. The summed E-state index contributed by atoms with van der Waals surface area (Å²) in [6.45, 7) is 7.62. The van der Waals surface area contributed by atoms with Gasteiger partial charge in [0.1, 0.15) is 0 Å². The lowest BCUT2D eigenvalue weighted by molar-refractivity contribution is -0.136. The molecule has 0 bridgehead atoms. The van der Waals surface area contributed by atoms with Gasteiger partial charge in [0, 0.05) is 43.2 Å². The van der Waals surface area contributed by atoms with Gasteiger partial charge < -0.3 is 15.1 Å². The first-order chi connectivity index (χ1) is 10.3. The van der Waals surface area contributed by atoms with E-state index in [1.54, 1.807) is 11.3 Å². The first-order valence-electron chi connectivity index (χ1n) is 7.97. The van der Waals surface area contributed by atoms with Gasteiger partial charge in [-0.05, 0) is 32.4 Å². The lowest BCUT2D eigenvalue weighted by Gasteiger charge is -2.37. The molecule has 0 aromatic carbocycles. The van der Waals surface area contributed by atoms with Crippen molar-refractivity contribution in [3.05, 3.63) is 11.1 Å². The van der Waals surface area contributed by atoms with E-state index in [0.717, 1.165) is 63.7 Å². The number of thiazole rings is 1. The van der Waals surface area contributed by atoms with Gasteiger partial charge in [-0.25, -0.2) is 4.98 Å². The zero-order valence-electron chi connectivity index (χ0n) is 12.7. The molecular weight excluding hydrogens is 284 g/mol. The van der Waals surface area contributed by atoms with Crippen LogP contribution in [0.25, 0.3) is 0 Å². The van der Waals surface area contributed by atoms with Crippen LogP contribution in [-0.4, -0.2) is 55.1 Å². The average molecular weight is 308 g/mol. The molecule has 3 heterocycles. The van der Waals surface area contributed by atoms with E-state index in [0.29, 0.717) is 5.91 Å². The molecule has 21 heavy (non-hydrogen) atoms. The van der Waals surface area contributed by atoms with E-state index in [1.807, 2.05) is 6.20 Å². The highest BCUT2D eigenvalue weighted by molar-refractivity contribution is 7.15. The second-order valence-electron chi connectivity index (χ2n) is 5.80. The Labute approximate surface area is 130 Å². The van der Waals surface area contributed by atoms with Crippen molar-refractivity contribution >= 4 is 22.4 Å². The van der Waals surface area contributed by atoms with Gasteiger partial charge in [-0.15, -0.1) is 11.3 Å². The Morgan fingerprint density at radius 3 is 2.67 bits per heavy atom. The van der Waals surface area contributed by atoms with E-state index in [2.05, 4.69) is 27.0 Å². The van der Waals surface area contributed by atoms with Crippen LogP contribution in [0.5, 0.6) is 0 Å². The molecule has 1 aromatic heterocycles. The number of amides is 1. The molecule has 2 fully saturated rings. The van der Waals surface area contributed by atoms with Crippen LogP contribution in [-0.2, 0) is 11.2 Å². The predicted octanol–water partition coefficient (Wildman–Crippen LogP) is 1.35. The Kier molecular flexibility index (Phi) is 4.75. The minimum absolute atomic E-state index is 0.240. The highest BCUT2D eigenvalue weighted by Gasteiger charge is 2.28. The molecule has 2 aliphatic rings. The van der Waals surface area contributed by atoms with Crippen LogP contribution in [0, 0.1) is 5.92 Å². The summed E-state index contributed by atoms with van der Waals surface area (Å²) in [6, 6.07) is 0. The van der Waals surface area contributed by atoms with Gasteiger partial charge in [-0.3, -0.25) is 4.79 Å². The lowest BCUT2D eigenvalue weighted by atomic mass is 9.96. The maximum Gasteiger partial charge on any atom is 0.225 e. The zero-order valence-corrected chi connectivity index (χ0v) is 13.5. The molecular formula is C15H24N4OS. The predicted molar refractivity (Wildman–Crippen MR) is 85.9 cm³/mol. The van der Waals surface area contributed by atoms with Gasteiger partial charge in [0.15, 0.2) is 5.13 Å². The third-order valence-electron chi connectivity index (χ3n) is 4.44. The van der Waals surface area contributed by atoms with Gasteiger partial charge >= 0.3 is 0 Å². The van der Waals surface area contributed by atoms with Gasteiger partial charge in [0.2, 0.25) is 5.91 Å². The first kappa shape index (κ1) is 14.8. The van der Waals surface area contributed by atoms with Crippen molar-refractivity contribution in [2.45, 2.75) is 26.2 Å². The highest BCUT2D eigenvalue weighted by Crippen LogP contribution is 2.24. The zero-order chi connectivity index (χ0) is 14.7. The smallest absolute Gasteiger partial charge is 0.225 e. The first-order valence-corrected chi connectivity index (χ1v) is 8.78. The molecule has 0 atom stereocenters. The highest BCUT2D eigenvalue weighted by atomic mass is 32.1. The normalized spacial score (nSPS) is 20.8. The Balaban J connectivity index is 1.53. The maximum absolute atomic E-state index is 12.5. The number of aromatic nitrogens is 1. The standard InChI is InChI=1S/C15H24N4OS/c1-2-13-11-17-15(21-13)19-9-7-18(8-10-19)14(20)12-3-5-16-6-4-12/h11-12,16H,2-10H2,1H3. The molecule has 6 heteroatoms. The molecule has 0 unspecified atom stereocenters. The van der Waals surface area contributed by atoms with Crippen LogP contribution < -0.4 is 10.2 Å². The minimum Gasteiger partial charge on any atom is -0.345 e. The molecule has 0 aliphatic carbocycles. The monoisotopic (exact) mass is 308 g/mol. The Hall–Kier alpha value is -1.14. The van der Waals surface area contributed by atoms with Gasteiger partial charge in [0.05, 0.1) is 0 Å². The molecule has 2 saturated heterocycles. The van der Waals surface area contributed by atoms with Crippen molar-refractivity contribution in [1.82, 2.24) is 15.2 Å². The van der Waals surface area contributed by atoms with E-state index in [4.69, 9.17) is 0 Å². The van der Waals surface area contributed by atoms with Crippen molar-refractivity contribution in [2.75, 3.05) is 44.2 Å². The summed E-state index contributed by atoms with van der Waals surface area (Å²) in [5.74, 6) is 0.605. The molecule has 2 aliphatic heterocycles. The fourth-order valence-corrected chi connectivity index (χ4v) is 3.95. The molecule has 1 N–H and O–H groups in total. The van der Waals surface area contributed by atoms with E-state index in [9.17, 15) is 4.79 Å². The number of carbonyl (C=O) groups excluding carboxylic acids is 1. The number of piperazine rings is 1. The second-order valence-corrected chi connectivity index (χ2v) is 6.89. The van der Waals surface area contributed by atoms with Gasteiger partial charge in [-0.2, -0.15) is 0 Å². The average Bonchev–Trinajstić information content (AvgIpc) is 3.04. The largest absolute Gasteiger partial charge is 0.345 e. The van der Waals surface area contributed by atoms with Crippen molar-refractivity contribution in [3.8, 4) is 0 Å². The number of hydrogen-bond acceptors (Lipinski definition) is 5. The van der Waals surface area contributed by atoms with E-state index < -0.39 is 0 Å². The summed E-state index contributed by atoms with van der Waals surface area (Å²) in [6.07, 6.45) is 5.01. The summed E-state index contributed by atoms with van der Waals surface area (Å²) < 4.78 is 0. The SMILES string of the molecule is CCc1cnc(N2CCN(C(=O)C3CCNCC3)CC2)s1. The summed E-state index contributed by atoms with van der Waals surface area (Å²) in [5.41, 5.74) is 0. The number of anilines is 1. The summed E-state index contributed by atoms with van der Waals surface area (Å²) in [5, 5.41) is 4.43. The van der Waals surface area contributed by atoms with Crippen LogP contribution in [0.1, 0.15) is 24.6 Å². The third-order valence-corrected chi connectivity index (χ3v) is 5.64. The molecule has 5 nitrogen and oxygen atoms in total. The molecule has 0 spiro atoms. The van der Waals surface area contributed by atoms with Crippen LogP contribution in [0.15, 0.2) is 6.20 Å². The lowest BCUT2D eigenvalue weighted by Crippen LogP contribution is -2.51. The van der Waals surface area contributed by atoms with E-state index in [-0.39, 0.29) is 5.92 Å². The van der Waals surface area contributed by atoms with Gasteiger partial charge in [0.25, 0.3) is 0 Å². The van der Waals surface area contributed by atoms with Crippen LogP contribution in [0.4, 0.5) is 5.13 Å². The number of rotatable bonds is 3. The summed E-state index contributed by atoms with van der Waals surface area (Å²) in [4.78, 5) is 22.7. The summed E-state index contributed by atoms with van der Waals surface area (Å²) in [7, 11) is 0. The Bertz CT molecular complexity index is 476. The minimum atomic E-state index is 0.240. The quantitative estimate of drug-likeness (QED) is 0.916. The van der Waals surface area contributed by atoms with E-state index >= 15 is 0 Å². The van der Waals surface area contributed by atoms with Crippen LogP contribution in [0.2, 0.25) is 0 Å². The fourth-order valence-electron chi connectivity index (χ4n) is 3.05. The van der Waals surface area contributed by atoms with Gasteiger partial charge in [-0.1, -0.05) is 6.92 Å². The second kappa shape index (κ2) is 6.75. The Morgan fingerprint density at radius 1 is 1.33 bits per heavy atom. The molecule has 0 radical (unpaired) electrons. The van der Waals surface area contributed by atoms with Crippen molar-refractivity contribution in [2.24, 2.45) is 5.92 Å². The molecule has 1 amide bonds. The number of hydrogen-bond donors (Lipinski definition) is 1. The number of piperidine rings is 1. The summed E-state index contributed by atoms with van der Waals surface area (Å²) >= 11 is 1.78. The number of nitrogens with zero attached hydrogens (tertiary/aromatic N) is 3. The number of nitrogens with one attached hydrogen (secondary N) is 1. The molecule has 3 rings (SSSR count). The Morgan fingerprint density at radius 2 is 2.05 bits per heavy atom. The van der Waals surface area contributed by atoms with Crippen LogP contribution >= 0.6 is 11.3 Å². The van der Waals surface area contributed by atoms with Crippen molar-refractivity contribution in [3.63, 3.8) is 0 Å². The van der Waals surface area contributed by atoms with E-state index in [1.165, 1.54) is 4.88 Å². The maximum atomic E-state index is 12.5. The number of carbonyl (C=O) groups is 1. The van der Waals surface area contributed by atoms with Crippen LogP contribution in [0.3, 0.4) is 0 Å². The van der Waals surface area contributed by atoms with Crippen molar-refractivity contribution in [1.29, 1.82) is 0 Å². The topological polar surface area (TPSA) is 48.5 Å².